The van der Waals surface area contributed by atoms with E-state index in [0.29, 0.717) is 18.1 Å². The molecule has 1 fully saturated rings. The van der Waals surface area contributed by atoms with Gasteiger partial charge in [0.2, 0.25) is 16.7 Å². The van der Waals surface area contributed by atoms with Crippen molar-refractivity contribution in [2.24, 2.45) is 0 Å². The Morgan fingerprint density at radius 1 is 1.46 bits per heavy atom. The minimum Gasteiger partial charge on any atom is -0.492 e. The van der Waals surface area contributed by atoms with Gasteiger partial charge in [0, 0.05) is 13.3 Å². The van der Waals surface area contributed by atoms with E-state index >= 15 is 0 Å². The van der Waals surface area contributed by atoms with Crippen molar-refractivity contribution in [3.8, 4) is 5.88 Å². The van der Waals surface area contributed by atoms with Crippen molar-refractivity contribution in [1.82, 2.24) is 19.5 Å². The Labute approximate surface area is 154 Å². The summed E-state index contributed by atoms with van der Waals surface area (Å²) in [6.07, 6.45) is 2.37. The lowest BCUT2D eigenvalue weighted by atomic mass is 10.1. The number of rotatable bonds is 4. The Morgan fingerprint density at radius 2 is 2.23 bits per heavy atom. The zero-order chi connectivity index (χ0) is 18.3. The lowest BCUT2D eigenvalue weighted by Gasteiger charge is -2.35. The molecule has 2 N–H and O–H groups in total. The van der Waals surface area contributed by atoms with Gasteiger partial charge in [-0.3, -0.25) is 4.79 Å². The summed E-state index contributed by atoms with van der Waals surface area (Å²) >= 11 is 1.45. The summed E-state index contributed by atoms with van der Waals surface area (Å²) in [5.41, 5.74) is 0. The van der Waals surface area contributed by atoms with E-state index in [9.17, 15) is 9.90 Å². The number of hydrogen-bond donors (Lipinski definition) is 2. The normalized spacial score (nSPS) is 17.1. The third-order valence-electron chi connectivity index (χ3n) is 4.91. The van der Waals surface area contributed by atoms with Crippen LogP contribution in [-0.2, 0) is 11.2 Å². The van der Waals surface area contributed by atoms with E-state index in [-0.39, 0.29) is 17.8 Å². The number of thiazole rings is 1. The SMILES string of the molecule is CCc1nc2sc([C@@H](c3ccco3)[NH+]3CCN(C(C)=O)CC3)c(O)n2n1. The Balaban J connectivity index is 1.70. The molecule has 138 valence electrons. The topological polar surface area (TPSA) is 88.3 Å². The fourth-order valence-electron chi connectivity index (χ4n) is 3.50. The van der Waals surface area contributed by atoms with Gasteiger partial charge in [-0.15, -0.1) is 5.10 Å². The maximum Gasteiger partial charge on any atom is 0.235 e. The van der Waals surface area contributed by atoms with E-state index < -0.39 is 0 Å². The molecule has 4 heterocycles. The summed E-state index contributed by atoms with van der Waals surface area (Å²) in [7, 11) is 0. The molecule has 1 aliphatic heterocycles. The van der Waals surface area contributed by atoms with Crippen LogP contribution in [0.2, 0.25) is 0 Å². The lowest BCUT2D eigenvalue weighted by molar-refractivity contribution is -0.930. The summed E-state index contributed by atoms with van der Waals surface area (Å²) in [6, 6.07) is 3.65. The molecule has 1 atom stereocenters. The average molecular weight is 376 g/mol. The summed E-state index contributed by atoms with van der Waals surface area (Å²) in [4.78, 5) is 20.7. The first-order valence-electron chi connectivity index (χ1n) is 8.79. The van der Waals surface area contributed by atoms with Gasteiger partial charge in [-0.1, -0.05) is 18.3 Å². The number of piperazine rings is 1. The van der Waals surface area contributed by atoms with Gasteiger partial charge in [0.05, 0.1) is 32.4 Å². The van der Waals surface area contributed by atoms with Crippen molar-refractivity contribution in [2.45, 2.75) is 26.3 Å². The first kappa shape index (κ1) is 17.0. The van der Waals surface area contributed by atoms with Gasteiger partial charge in [-0.05, 0) is 12.1 Å². The highest BCUT2D eigenvalue weighted by Gasteiger charge is 2.37. The fraction of sp³-hybridized carbons (Fsp3) is 0.471. The van der Waals surface area contributed by atoms with Gasteiger partial charge >= 0.3 is 0 Å². The Bertz CT molecular complexity index is 909. The Kier molecular flexibility index (Phi) is 4.41. The molecule has 0 unspecified atom stereocenters. The molecule has 0 aliphatic carbocycles. The number of furan rings is 1. The zero-order valence-electron chi connectivity index (χ0n) is 14.8. The number of fused-ring (bicyclic) bond motifs is 1. The monoisotopic (exact) mass is 376 g/mol. The molecule has 8 nitrogen and oxygen atoms in total. The van der Waals surface area contributed by atoms with Gasteiger partial charge in [0.25, 0.3) is 0 Å². The minimum atomic E-state index is -0.141. The van der Waals surface area contributed by atoms with Crippen molar-refractivity contribution in [2.75, 3.05) is 26.2 Å². The van der Waals surface area contributed by atoms with Gasteiger partial charge in [0.15, 0.2) is 17.6 Å². The van der Waals surface area contributed by atoms with Crippen LogP contribution in [0.5, 0.6) is 5.88 Å². The first-order valence-corrected chi connectivity index (χ1v) is 9.61. The number of aromatic nitrogens is 3. The highest BCUT2D eigenvalue weighted by atomic mass is 32.1. The van der Waals surface area contributed by atoms with Crippen LogP contribution in [0.3, 0.4) is 0 Å². The van der Waals surface area contributed by atoms with Crippen molar-refractivity contribution in [3.05, 3.63) is 34.9 Å². The van der Waals surface area contributed by atoms with E-state index in [2.05, 4.69) is 10.1 Å². The van der Waals surface area contributed by atoms with Gasteiger partial charge < -0.3 is 19.3 Å². The number of aryl methyl sites for hydroxylation is 1. The number of nitrogens with one attached hydrogen (secondary N) is 1. The maximum absolute atomic E-state index is 11.6. The molecular weight excluding hydrogens is 354 g/mol. The number of carbonyl (C=O) groups is 1. The third kappa shape index (κ3) is 2.86. The molecule has 1 saturated heterocycles. The van der Waals surface area contributed by atoms with E-state index in [0.717, 1.165) is 36.0 Å². The molecular formula is C17H22N5O3S+. The number of quaternary nitrogens is 1. The molecule has 9 heteroatoms. The zero-order valence-corrected chi connectivity index (χ0v) is 15.6. The predicted octanol–water partition coefficient (Wildman–Crippen LogP) is 0.488. The number of hydrogen-bond acceptors (Lipinski definition) is 6. The lowest BCUT2D eigenvalue weighted by Crippen LogP contribution is -3.15. The maximum atomic E-state index is 11.6. The van der Waals surface area contributed by atoms with Crippen LogP contribution in [0.1, 0.15) is 36.4 Å². The van der Waals surface area contributed by atoms with Gasteiger partial charge in [-0.2, -0.15) is 4.52 Å². The van der Waals surface area contributed by atoms with Crippen LogP contribution < -0.4 is 4.90 Å². The van der Waals surface area contributed by atoms with E-state index in [1.165, 1.54) is 20.8 Å². The molecule has 0 radical (unpaired) electrons. The van der Waals surface area contributed by atoms with Gasteiger partial charge in [0.1, 0.15) is 4.88 Å². The van der Waals surface area contributed by atoms with Crippen LogP contribution >= 0.6 is 11.3 Å². The molecule has 0 bridgehead atoms. The largest absolute Gasteiger partial charge is 0.492 e. The van der Waals surface area contributed by atoms with Crippen LogP contribution in [0.15, 0.2) is 22.8 Å². The summed E-state index contributed by atoms with van der Waals surface area (Å²) < 4.78 is 7.21. The third-order valence-corrected chi connectivity index (χ3v) is 5.99. The predicted molar refractivity (Wildman–Crippen MR) is 95.4 cm³/mol. The molecule has 26 heavy (non-hydrogen) atoms. The molecule has 1 amide bonds. The molecule has 4 rings (SSSR count). The fourth-order valence-corrected chi connectivity index (χ4v) is 4.64. The summed E-state index contributed by atoms with van der Waals surface area (Å²) in [6.45, 7) is 6.57. The Hall–Kier alpha value is -2.39. The highest BCUT2D eigenvalue weighted by Crippen LogP contribution is 2.35. The van der Waals surface area contributed by atoms with Crippen LogP contribution in [-0.4, -0.2) is 56.7 Å². The smallest absolute Gasteiger partial charge is 0.235 e. The quantitative estimate of drug-likeness (QED) is 0.692. The van der Waals surface area contributed by atoms with Crippen LogP contribution in [0, 0.1) is 0 Å². The van der Waals surface area contributed by atoms with E-state index in [4.69, 9.17) is 4.42 Å². The van der Waals surface area contributed by atoms with Crippen LogP contribution in [0.4, 0.5) is 0 Å². The minimum absolute atomic E-state index is 0.104. The number of amides is 1. The number of nitrogens with zero attached hydrogens (tertiary/aromatic N) is 4. The molecule has 3 aromatic rings. The molecule has 0 saturated carbocycles. The highest BCUT2D eigenvalue weighted by molar-refractivity contribution is 7.17. The molecule has 0 spiro atoms. The van der Waals surface area contributed by atoms with Crippen molar-refractivity contribution < 1.29 is 19.2 Å². The van der Waals surface area contributed by atoms with E-state index in [1.54, 1.807) is 13.2 Å². The van der Waals surface area contributed by atoms with Gasteiger partial charge in [-0.25, -0.2) is 4.98 Å². The standard InChI is InChI=1S/C17H21N5O3S/c1-3-13-18-17-22(19-13)16(24)15(26-17)14(12-5-4-10-25-12)21-8-6-20(7-9-21)11(2)23/h4-5,10,14,24H,3,6-9H2,1-2H3/p+1/t14-/m1/s1. The molecule has 3 aromatic heterocycles. The summed E-state index contributed by atoms with van der Waals surface area (Å²) in [5.74, 6) is 1.74. The van der Waals surface area contributed by atoms with Crippen molar-refractivity contribution in [3.63, 3.8) is 0 Å². The second kappa shape index (κ2) is 6.73. The van der Waals surface area contributed by atoms with Crippen molar-refractivity contribution >= 4 is 22.2 Å². The van der Waals surface area contributed by atoms with E-state index in [1.807, 2.05) is 24.0 Å². The Morgan fingerprint density at radius 3 is 2.81 bits per heavy atom. The number of aromatic hydroxyl groups is 1. The van der Waals surface area contributed by atoms with Crippen molar-refractivity contribution in [1.29, 1.82) is 0 Å². The second-order valence-corrected chi connectivity index (χ2v) is 7.49. The summed E-state index contributed by atoms with van der Waals surface area (Å²) in [5, 5.41) is 15.2. The molecule has 0 aromatic carbocycles. The average Bonchev–Trinajstić information content (AvgIpc) is 3.35. The van der Waals surface area contributed by atoms with Crippen LogP contribution in [0.25, 0.3) is 4.96 Å². The second-order valence-electron chi connectivity index (χ2n) is 6.48. The molecule has 1 aliphatic rings. The first-order chi connectivity index (χ1) is 12.6. The number of carbonyl (C=O) groups excluding carboxylic acids is 1.